The van der Waals surface area contributed by atoms with E-state index in [0.29, 0.717) is 30.4 Å². The highest BCUT2D eigenvalue weighted by Crippen LogP contribution is 2.61. The van der Waals surface area contributed by atoms with Gasteiger partial charge in [0, 0.05) is 23.5 Å². The van der Waals surface area contributed by atoms with Crippen LogP contribution in [0, 0.1) is 16.7 Å². The molecular weight excluding hydrogens is 502 g/mol. The minimum absolute atomic E-state index is 0.0270. The molecule has 0 saturated heterocycles. The molecule has 4 atom stereocenters. The van der Waals surface area contributed by atoms with Crippen LogP contribution in [0.1, 0.15) is 59.3 Å². The van der Waals surface area contributed by atoms with Crippen molar-refractivity contribution in [2.45, 2.75) is 70.1 Å². The van der Waals surface area contributed by atoms with Crippen molar-refractivity contribution in [1.82, 2.24) is 4.72 Å². The van der Waals surface area contributed by atoms with Crippen LogP contribution in [0.2, 0.25) is 0 Å². The zero-order valence-corrected chi connectivity index (χ0v) is 23.4. The van der Waals surface area contributed by atoms with Crippen LogP contribution in [0.15, 0.2) is 22.8 Å². The summed E-state index contributed by atoms with van der Waals surface area (Å²) in [5, 5.41) is 0. The highest BCUT2D eigenvalue weighted by atomic mass is 32.2. The maximum atomic E-state index is 13.4. The van der Waals surface area contributed by atoms with E-state index in [9.17, 15) is 23.4 Å². The third kappa shape index (κ3) is 4.87. The summed E-state index contributed by atoms with van der Waals surface area (Å²) in [5.41, 5.74) is -1.04. The van der Waals surface area contributed by atoms with Gasteiger partial charge in [0.25, 0.3) is 0 Å². The van der Waals surface area contributed by atoms with Gasteiger partial charge >= 0.3 is 23.9 Å². The van der Waals surface area contributed by atoms with Gasteiger partial charge in [-0.25, -0.2) is 13.7 Å². The monoisotopic (exact) mass is 539 g/mol. The molecule has 0 amide bonds. The second kappa shape index (κ2) is 10.7. The average molecular weight is 540 g/mol. The van der Waals surface area contributed by atoms with Gasteiger partial charge in [0.1, 0.15) is 0 Å². The van der Waals surface area contributed by atoms with Gasteiger partial charge in [0.2, 0.25) is 0 Å². The highest BCUT2D eigenvalue weighted by molar-refractivity contribution is 7.84. The van der Waals surface area contributed by atoms with Crippen molar-refractivity contribution in [3.05, 3.63) is 22.8 Å². The Balaban J connectivity index is 2.29. The fourth-order valence-corrected chi connectivity index (χ4v) is 7.06. The Kier molecular flexibility index (Phi) is 8.38. The van der Waals surface area contributed by atoms with Crippen LogP contribution in [0.3, 0.4) is 0 Å². The molecule has 1 spiro atoms. The van der Waals surface area contributed by atoms with Crippen LogP contribution in [0.25, 0.3) is 0 Å². The fraction of sp³-hybridized carbons (Fsp3) is 0.692. The van der Waals surface area contributed by atoms with E-state index in [0.717, 1.165) is 0 Å². The molecule has 0 radical (unpaired) electrons. The molecule has 0 aromatic heterocycles. The number of hydrogen-bond donors (Lipinski definition) is 1. The Labute approximate surface area is 220 Å². The highest BCUT2D eigenvalue weighted by Gasteiger charge is 2.63. The van der Waals surface area contributed by atoms with Crippen molar-refractivity contribution in [2.75, 3.05) is 28.4 Å². The van der Waals surface area contributed by atoms with Gasteiger partial charge in [-0.05, 0) is 46.5 Å². The molecule has 0 aromatic carbocycles. The van der Waals surface area contributed by atoms with Gasteiger partial charge in [-0.2, -0.15) is 0 Å². The van der Waals surface area contributed by atoms with Crippen LogP contribution in [0.5, 0.6) is 0 Å². The number of nitrogens with one attached hydrogen (secondary N) is 1. The van der Waals surface area contributed by atoms with E-state index in [-0.39, 0.29) is 24.8 Å². The van der Waals surface area contributed by atoms with E-state index >= 15 is 0 Å². The third-order valence-corrected chi connectivity index (χ3v) is 9.49. The van der Waals surface area contributed by atoms with Gasteiger partial charge in [-0.15, -0.1) is 0 Å². The topological polar surface area (TPSA) is 134 Å². The predicted molar refractivity (Wildman–Crippen MR) is 134 cm³/mol. The summed E-state index contributed by atoms with van der Waals surface area (Å²) in [5.74, 6) is -3.63. The number of allylic oxidation sites excluding steroid dienone is 1. The van der Waals surface area contributed by atoms with E-state index in [2.05, 4.69) is 4.72 Å². The molecule has 206 valence electrons. The summed E-state index contributed by atoms with van der Waals surface area (Å²) in [6.45, 7) is 5.53. The summed E-state index contributed by atoms with van der Waals surface area (Å²) < 4.78 is 36.2. The molecule has 0 aliphatic heterocycles. The third-order valence-electron chi connectivity index (χ3n) is 7.87. The zero-order valence-electron chi connectivity index (χ0n) is 22.6. The van der Waals surface area contributed by atoms with Crippen molar-refractivity contribution >= 4 is 34.9 Å². The first-order valence-electron chi connectivity index (χ1n) is 12.3. The number of esters is 4. The maximum Gasteiger partial charge on any atom is 0.333 e. The minimum atomic E-state index is -1.66. The molecule has 1 fully saturated rings. The molecule has 1 N–H and O–H groups in total. The predicted octanol–water partition coefficient (Wildman–Crippen LogP) is 2.29. The normalized spacial score (nSPS) is 27.6. The van der Waals surface area contributed by atoms with E-state index in [1.807, 2.05) is 20.8 Å². The number of ether oxygens (including phenoxy) is 4. The number of carbonyl (C=O) groups is 4. The molecule has 0 aromatic rings. The van der Waals surface area contributed by atoms with Gasteiger partial charge in [-0.1, -0.05) is 23.6 Å². The minimum Gasteiger partial charge on any atom is -0.469 e. The molecule has 3 aliphatic rings. The standard InChI is InChI=1S/C26H37NO9S/c1-24(2,3)37(32)27-19-9-8-10-26(19)17(21(29)34-5)12-15(20(28)33-4)11-16-13-25(14-18(16)26,22(30)35-6)23(31)36-7/h12,17,19,27H,8-11,13-14H2,1-7H3/t17-,19-,26-,37?/m0/s1. The molecule has 3 aliphatic carbocycles. The molecule has 0 bridgehead atoms. The average Bonchev–Trinajstić information content (AvgIpc) is 3.43. The Hall–Kier alpha value is -2.53. The summed E-state index contributed by atoms with van der Waals surface area (Å²) >= 11 is 0. The van der Waals surface area contributed by atoms with E-state index in [1.165, 1.54) is 28.4 Å². The van der Waals surface area contributed by atoms with E-state index < -0.39 is 62.4 Å². The van der Waals surface area contributed by atoms with Crippen molar-refractivity contribution in [3.63, 3.8) is 0 Å². The zero-order chi connectivity index (χ0) is 27.8. The molecule has 0 heterocycles. The van der Waals surface area contributed by atoms with Crippen LogP contribution in [-0.2, 0) is 49.1 Å². The lowest BCUT2D eigenvalue weighted by molar-refractivity contribution is -0.168. The number of rotatable bonds is 6. The molecule has 1 saturated carbocycles. The smallest absolute Gasteiger partial charge is 0.333 e. The second-order valence-corrected chi connectivity index (χ2v) is 12.8. The number of methoxy groups -OCH3 is 4. The molecule has 11 heteroatoms. The Bertz CT molecular complexity index is 1050. The molecule has 10 nitrogen and oxygen atoms in total. The number of fused-ring (bicyclic) bond motifs is 1. The first-order chi connectivity index (χ1) is 17.3. The lowest BCUT2D eigenvalue weighted by Gasteiger charge is -2.43. The summed E-state index contributed by atoms with van der Waals surface area (Å²) in [7, 11) is 3.45. The summed E-state index contributed by atoms with van der Waals surface area (Å²) in [4.78, 5) is 52.3. The van der Waals surface area contributed by atoms with E-state index in [4.69, 9.17) is 18.9 Å². The SMILES string of the molecule is COC(=O)C1=C[C@@H](C(=O)OC)[C@@]2(CCC[C@@H]2NS(=O)C(C)(C)C)C2=C(C1)CC(C(=O)OC)(C(=O)OC)C2. The molecule has 37 heavy (non-hydrogen) atoms. The summed E-state index contributed by atoms with van der Waals surface area (Å²) in [6.07, 6.45) is 3.38. The lowest BCUT2D eigenvalue weighted by atomic mass is 9.64. The number of hydrogen-bond acceptors (Lipinski definition) is 9. The lowest BCUT2D eigenvalue weighted by Crippen LogP contribution is -2.52. The molecular formula is C26H37NO9S. The molecule has 1 unspecified atom stereocenters. The van der Waals surface area contributed by atoms with Crippen molar-refractivity contribution in [2.24, 2.45) is 16.7 Å². The Morgan fingerprint density at radius 3 is 2.11 bits per heavy atom. The summed E-state index contributed by atoms with van der Waals surface area (Å²) in [6, 6.07) is -0.457. The van der Waals surface area contributed by atoms with Gasteiger partial charge in [-0.3, -0.25) is 14.4 Å². The van der Waals surface area contributed by atoms with Gasteiger partial charge in [0.05, 0.1) is 50.1 Å². The van der Waals surface area contributed by atoms with Gasteiger partial charge in [0.15, 0.2) is 5.41 Å². The first-order valence-corrected chi connectivity index (χ1v) is 13.4. The van der Waals surface area contributed by atoms with Crippen molar-refractivity contribution < 1.29 is 42.3 Å². The van der Waals surface area contributed by atoms with Crippen LogP contribution >= 0.6 is 0 Å². The van der Waals surface area contributed by atoms with Crippen LogP contribution < -0.4 is 4.72 Å². The maximum absolute atomic E-state index is 13.4. The van der Waals surface area contributed by atoms with Crippen LogP contribution in [-0.4, -0.2) is 67.3 Å². The van der Waals surface area contributed by atoms with E-state index in [1.54, 1.807) is 6.08 Å². The number of carbonyl (C=O) groups excluding carboxylic acids is 4. The second-order valence-electron chi connectivity index (χ2n) is 10.8. The quantitative estimate of drug-likeness (QED) is 0.233. The van der Waals surface area contributed by atoms with Crippen LogP contribution in [0.4, 0.5) is 0 Å². The Morgan fingerprint density at radius 1 is 0.973 bits per heavy atom. The Morgan fingerprint density at radius 2 is 1.59 bits per heavy atom. The van der Waals surface area contributed by atoms with Gasteiger partial charge < -0.3 is 18.9 Å². The molecule has 3 rings (SSSR count). The first kappa shape index (κ1) is 29.0. The fourth-order valence-electron chi connectivity index (χ4n) is 6.12. The van der Waals surface area contributed by atoms with Crippen molar-refractivity contribution in [1.29, 1.82) is 0 Å². The largest absolute Gasteiger partial charge is 0.469 e. The van der Waals surface area contributed by atoms with Crippen molar-refractivity contribution in [3.8, 4) is 0 Å².